The van der Waals surface area contributed by atoms with Crippen molar-refractivity contribution in [3.63, 3.8) is 0 Å². The maximum atomic E-state index is 11.8. The maximum absolute atomic E-state index is 11.8. The average molecular weight is 331 g/mol. The number of rotatable bonds is 6. The van der Waals surface area contributed by atoms with E-state index >= 15 is 0 Å². The Labute approximate surface area is 142 Å². The highest BCUT2D eigenvalue weighted by molar-refractivity contribution is 5.67. The summed E-state index contributed by atoms with van der Waals surface area (Å²) in [7, 11) is 1.54. The molecule has 2 rings (SSSR count). The Morgan fingerprint density at radius 3 is 2.62 bits per heavy atom. The summed E-state index contributed by atoms with van der Waals surface area (Å²) in [6.45, 7) is 6.21. The van der Waals surface area contributed by atoms with Gasteiger partial charge in [-0.15, -0.1) is 0 Å². The molecule has 0 aliphatic heterocycles. The predicted octanol–water partition coefficient (Wildman–Crippen LogP) is 2.97. The van der Waals surface area contributed by atoms with Crippen LogP contribution in [-0.4, -0.2) is 34.6 Å². The minimum Gasteiger partial charge on any atom is -0.444 e. The van der Waals surface area contributed by atoms with Gasteiger partial charge in [-0.25, -0.2) is 9.78 Å². The Kier molecular flexibility index (Phi) is 5.98. The van der Waals surface area contributed by atoms with Gasteiger partial charge in [-0.3, -0.25) is 5.32 Å². The van der Waals surface area contributed by atoms with Gasteiger partial charge >= 0.3 is 6.09 Å². The number of imidazole rings is 1. The van der Waals surface area contributed by atoms with Crippen molar-refractivity contribution in [2.45, 2.75) is 45.6 Å². The van der Waals surface area contributed by atoms with Gasteiger partial charge in [-0.1, -0.05) is 30.3 Å². The van der Waals surface area contributed by atoms with Crippen LogP contribution in [0.5, 0.6) is 0 Å². The van der Waals surface area contributed by atoms with Crippen LogP contribution in [0.4, 0.5) is 4.79 Å². The molecule has 0 aliphatic rings. The van der Waals surface area contributed by atoms with Crippen molar-refractivity contribution < 1.29 is 14.3 Å². The van der Waals surface area contributed by atoms with Crippen molar-refractivity contribution >= 4 is 6.09 Å². The molecule has 6 heteroatoms. The second-order valence-electron chi connectivity index (χ2n) is 6.60. The summed E-state index contributed by atoms with van der Waals surface area (Å²) in [5.74, 6) is 0. The van der Waals surface area contributed by atoms with Gasteiger partial charge in [0.05, 0.1) is 12.0 Å². The fourth-order valence-corrected chi connectivity index (χ4v) is 2.21. The number of hydrogen-bond acceptors (Lipinski definition) is 4. The number of amides is 1. The van der Waals surface area contributed by atoms with Crippen LogP contribution in [0, 0.1) is 0 Å². The fourth-order valence-electron chi connectivity index (χ4n) is 2.21. The molecule has 0 saturated carbocycles. The summed E-state index contributed by atoms with van der Waals surface area (Å²) in [6, 6.07) is 10.2. The number of benzene rings is 1. The number of ether oxygens (including phenoxy) is 2. The molecule has 0 saturated heterocycles. The molecule has 1 N–H and O–H groups in total. The van der Waals surface area contributed by atoms with Crippen molar-refractivity contribution in [3.05, 3.63) is 54.1 Å². The molecule has 0 bridgehead atoms. The summed E-state index contributed by atoms with van der Waals surface area (Å²) in [5.41, 5.74) is 1.50. The normalized spacial score (nSPS) is 12.7. The topological polar surface area (TPSA) is 65.4 Å². The zero-order valence-corrected chi connectivity index (χ0v) is 14.7. The third-order valence-electron chi connectivity index (χ3n) is 3.25. The van der Waals surface area contributed by atoms with E-state index in [1.807, 2.05) is 49.7 Å². The van der Waals surface area contributed by atoms with Crippen molar-refractivity contribution in [1.82, 2.24) is 14.9 Å². The number of aromatic nitrogens is 2. The van der Waals surface area contributed by atoms with Gasteiger partial charge < -0.3 is 14.0 Å². The molecule has 0 aliphatic carbocycles. The summed E-state index contributed by atoms with van der Waals surface area (Å²) in [6.07, 6.45) is 3.22. The lowest BCUT2D eigenvalue weighted by Crippen LogP contribution is -2.41. The van der Waals surface area contributed by atoms with Crippen LogP contribution in [-0.2, 0) is 22.4 Å². The van der Waals surface area contributed by atoms with Crippen LogP contribution in [0.25, 0.3) is 0 Å². The van der Waals surface area contributed by atoms with E-state index in [2.05, 4.69) is 22.4 Å². The van der Waals surface area contributed by atoms with Crippen molar-refractivity contribution in [3.8, 4) is 0 Å². The van der Waals surface area contributed by atoms with E-state index < -0.39 is 17.9 Å². The highest BCUT2D eigenvalue weighted by Gasteiger charge is 2.20. The first-order valence-electron chi connectivity index (χ1n) is 7.92. The fraction of sp³-hybridized carbons (Fsp3) is 0.444. The van der Waals surface area contributed by atoms with Gasteiger partial charge in [0.2, 0.25) is 0 Å². The number of methoxy groups -OCH3 is 1. The van der Waals surface area contributed by atoms with Crippen molar-refractivity contribution in [2.24, 2.45) is 0 Å². The maximum Gasteiger partial charge on any atom is 0.409 e. The first kappa shape index (κ1) is 18.0. The Hall–Kier alpha value is -2.34. The quantitative estimate of drug-likeness (QED) is 0.827. The van der Waals surface area contributed by atoms with E-state index in [0.29, 0.717) is 6.42 Å². The number of carbonyl (C=O) groups is 1. The summed E-state index contributed by atoms with van der Waals surface area (Å²) in [5, 5.41) is 2.70. The van der Waals surface area contributed by atoms with Gasteiger partial charge in [0.1, 0.15) is 11.8 Å². The van der Waals surface area contributed by atoms with Crippen LogP contribution < -0.4 is 5.32 Å². The molecule has 1 amide bonds. The van der Waals surface area contributed by atoms with Crippen molar-refractivity contribution in [2.75, 3.05) is 7.11 Å². The number of nitrogens with one attached hydrogen (secondary N) is 1. The van der Waals surface area contributed by atoms with E-state index in [-0.39, 0.29) is 0 Å². The van der Waals surface area contributed by atoms with Gasteiger partial charge in [0.25, 0.3) is 0 Å². The summed E-state index contributed by atoms with van der Waals surface area (Å²) < 4.78 is 12.5. The van der Waals surface area contributed by atoms with Crippen LogP contribution >= 0.6 is 0 Å². The molecule has 1 unspecified atom stereocenters. The Balaban J connectivity index is 1.91. The highest BCUT2D eigenvalue weighted by Crippen LogP contribution is 2.09. The SMILES string of the molecule is COC(Cc1cn(Cc2ccccc2)cn1)NC(=O)OC(C)(C)C. The van der Waals surface area contributed by atoms with Gasteiger partial charge in [-0.2, -0.15) is 0 Å². The van der Waals surface area contributed by atoms with Crippen LogP contribution in [0.3, 0.4) is 0 Å². The number of nitrogens with zero attached hydrogens (tertiary/aromatic N) is 2. The number of hydrogen-bond donors (Lipinski definition) is 1. The zero-order valence-electron chi connectivity index (χ0n) is 14.7. The Bertz CT molecular complexity index is 647. The molecule has 6 nitrogen and oxygen atoms in total. The Morgan fingerprint density at radius 2 is 2.00 bits per heavy atom. The molecule has 1 heterocycles. The zero-order chi connectivity index (χ0) is 17.6. The molecular weight excluding hydrogens is 306 g/mol. The van der Waals surface area contributed by atoms with E-state index in [4.69, 9.17) is 9.47 Å². The lowest BCUT2D eigenvalue weighted by Gasteiger charge is -2.22. The molecule has 24 heavy (non-hydrogen) atoms. The minimum absolute atomic E-state index is 0.470. The van der Waals surface area contributed by atoms with Gasteiger partial charge in [0, 0.05) is 26.3 Å². The summed E-state index contributed by atoms with van der Waals surface area (Å²) in [4.78, 5) is 16.2. The lowest BCUT2D eigenvalue weighted by molar-refractivity contribution is 0.0237. The highest BCUT2D eigenvalue weighted by atomic mass is 16.6. The van der Waals surface area contributed by atoms with Crippen LogP contribution in [0.2, 0.25) is 0 Å². The lowest BCUT2D eigenvalue weighted by atomic mass is 10.2. The van der Waals surface area contributed by atoms with E-state index in [1.54, 1.807) is 13.4 Å². The molecule has 0 fully saturated rings. The average Bonchev–Trinajstić information content (AvgIpc) is 2.92. The molecule has 0 radical (unpaired) electrons. The van der Waals surface area contributed by atoms with E-state index in [1.165, 1.54) is 5.56 Å². The standard InChI is InChI=1S/C18H25N3O3/c1-18(2,3)24-17(22)20-16(23-4)10-15-12-21(13-19-15)11-14-8-6-5-7-9-14/h5-9,12-13,16H,10-11H2,1-4H3,(H,20,22). The van der Waals surface area contributed by atoms with Crippen LogP contribution in [0.15, 0.2) is 42.9 Å². The molecular formula is C18H25N3O3. The largest absolute Gasteiger partial charge is 0.444 e. The van der Waals surface area contributed by atoms with Gasteiger partial charge in [-0.05, 0) is 26.3 Å². The molecule has 1 aromatic heterocycles. The third-order valence-corrected chi connectivity index (χ3v) is 3.25. The van der Waals surface area contributed by atoms with E-state index in [9.17, 15) is 4.79 Å². The summed E-state index contributed by atoms with van der Waals surface area (Å²) >= 11 is 0. The number of carbonyl (C=O) groups excluding carboxylic acids is 1. The monoisotopic (exact) mass is 331 g/mol. The minimum atomic E-state index is -0.542. The second kappa shape index (κ2) is 7.97. The van der Waals surface area contributed by atoms with Crippen molar-refractivity contribution in [1.29, 1.82) is 0 Å². The predicted molar refractivity (Wildman–Crippen MR) is 91.6 cm³/mol. The van der Waals surface area contributed by atoms with Gasteiger partial charge in [0.15, 0.2) is 0 Å². The molecule has 1 atom stereocenters. The molecule has 2 aromatic rings. The smallest absolute Gasteiger partial charge is 0.409 e. The molecule has 0 spiro atoms. The van der Waals surface area contributed by atoms with E-state index in [0.717, 1.165) is 12.2 Å². The first-order chi connectivity index (χ1) is 11.4. The van der Waals surface area contributed by atoms with Crippen LogP contribution in [0.1, 0.15) is 32.0 Å². The Morgan fingerprint density at radius 1 is 1.29 bits per heavy atom. The third kappa shape index (κ3) is 6.04. The first-order valence-corrected chi connectivity index (χ1v) is 7.92. The molecule has 130 valence electrons. The number of alkyl carbamates (subject to hydrolysis) is 1. The second-order valence-corrected chi connectivity index (χ2v) is 6.60. The molecule has 1 aromatic carbocycles.